The molecule has 0 radical (unpaired) electrons. The highest BCUT2D eigenvalue weighted by Crippen LogP contribution is 2.36. The molecule has 4 nitrogen and oxygen atoms in total. The second kappa shape index (κ2) is 5.05. The molecule has 0 aromatic carbocycles. The lowest BCUT2D eigenvalue weighted by molar-refractivity contribution is 0.0763. The van der Waals surface area contributed by atoms with Gasteiger partial charge < -0.3 is 10.6 Å². The van der Waals surface area contributed by atoms with Gasteiger partial charge in [0.05, 0.1) is 5.69 Å². The zero-order valence-corrected chi connectivity index (χ0v) is 12.7. The first-order valence-corrected chi connectivity index (χ1v) is 7.86. The molecule has 1 aliphatic carbocycles. The SMILES string of the molecule is CCN(CC1CC1)C(=O)c1sc2nccc(C)c2c1N. The summed E-state index contributed by atoms with van der Waals surface area (Å²) >= 11 is 1.41. The van der Waals surface area contributed by atoms with Crippen LogP contribution in [0.15, 0.2) is 12.3 Å². The second-order valence-electron chi connectivity index (χ2n) is 5.44. The molecule has 1 aliphatic rings. The van der Waals surface area contributed by atoms with Crippen molar-refractivity contribution in [1.82, 2.24) is 9.88 Å². The lowest BCUT2D eigenvalue weighted by Gasteiger charge is -2.20. The van der Waals surface area contributed by atoms with Crippen LogP contribution in [0.25, 0.3) is 10.2 Å². The number of aryl methyl sites for hydroxylation is 1. The maximum Gasteiger partial charge on any atom is 0.266 e. The van der Waals surface area contributed by atoms with Gasteiger partial charge in [0.2, 0.25) is 0 Å². The summed E-state index contributed by atoms with van der Waals surface area (Å²) in [4.78, 5) is 20.4. The van der Waals surface area contributed by atoms with Gasteiger partial charge in [0.1, 0.15) is 9.71 Å². The van der Waals surface area contributed by atoms with Gasteiger partial charge in [-0.25, -0.2) is 4.98 Å². The molecule has 3 rings (SSSR count). The summed E-state index contributed by atoms with van der Waals surface area (Å²) in [6, 6.07) is 1.93. The molecule has 20 heavy (non-hydrogen) atoms. The van der Waals surface area contributed by atoms with E-state index >= 15 is 0 Å². The molecule has 1 saturated carbocycles. The molecule has 2 aromatic rings. The van der Waals surface area contributed by atoms with Gasteiger partial charge in [-0.05, 0) is 44.2 Å². The number of thiophene rings is 1. The fourth-order valence-electron chi connectivity index (χ4n) is 2.47. The number of nitrogens with zero attached hydrogens (tertiary/aromatic N) is 2. The van der Waals surface area contributed by atoms with E-state index in [1.165, 1.54) is 24.2 Å². The predicted octanol–water partition coefficient (Wildman–Crippen LogP) is 3.06. The molecule has 1 fully saturated rings. The van der Waals surface area contributed by atoms with Crippen LogP contribution in [0.1, 0.15) is 35.0 Å². The van der Waals surface area contributed by atoms with Gasteiger partial charge in [0, 0.05) is 24.7 Å². The summed E-state index contributed by atoms with van der Waals surface area (Å²) in [7, 11) is 0. The standard InChI is InChI=1S/C15H19N3OS/c1-3-18(8-10-4-5-10)15(19)13-12(16)11-9(2)6-7-17-14(11)20-13/h6-7,10H,3-5,8,16H2,1-2H3. The summed E-state index contributed by atoms with van der Waals surface area (Å²) in [6.45, 7) is 5.61. The monoisotopic (exact) mass is 289 g/mol. The highest BCUT2D eigenvalue weighted by atomic mass is 32.1. The largest absolute Gasteiger partial charge is 0.397 e. The van der Waals surface area contributed by atoms with Gasteiger partial charge in [-0.15, -0.1) is 11.3 Å². The molecule has 2 heterocycles. The molecule has 0 spiro atoms. The summed E-state index contributed by atoms with van der Waals surface area (Å²) < 4.78 is 0. The van der Waals surface area contributed by atoms with E-state index in [2.05, 4.69) is 4.98 Å². The summed E-state index contributed by atoms with van der Waals surface area (Å²) in [6.07, 6.45) is 4.25. The second-order valence-corrected chi connectivity index (χ2v) is 6.44. The minimum absolute atomic E-state index is 0.0549. The molecule has 0 bridgehead atoms. The van der Waals surface area contributed by atoms with Crippen molar-refractivity contribution in [3.8, 4) is 0 Å². The van der Waals surface area contributed by atoms with Crippen LogP contribution in [0, 0.1) is 12.8 Å². The molecule has 2 aromatic heterocycles. The summed E-state index contributed by atoms with van der Waals surface area (Å²) in [5.41, 5.74) is 7.87. The fourth-order valence-corrected chi connectivity index (χ4v) is 3.58. The van der Waals surface area contributed by atoms with Crippen LogP contribution < -0.4 is 5.73 Å². The quantitative estimate of drug-likeness (QED) is 0.941. The molecule has 106 valence electrons. The number of fused-ring (bicyclic) bond motifs is 1. The lowest BCUT2D eigenvalue weighted by Crippen LogP contribution is -2.32. The predicted molar refractivity (Wildman–Crippen MR) is 83.1 cm³/mol. The van der Waals surface area contributed by atoms with E-state index in [4.69, 9.17) is 5.73 Å². The topological polar surface area (TPSA) is 59.2 Å². The smallest absolute Gasteiger partial charge is 0.266 e. The van der Waals surface area contributed by atoms with Crippen molar-refractivity contribution < 1.29 is 4.79 Å². The molecule has 0 aliphatic heterocycles. The average molecular weight is 289 g/mol. The third-order valence-corrected chi connectivity index (χ3v) is 4.98. The van der Waals surface area contributed by atoms with Crippen molar-refractivity contribution in [2.75, 3.05) is 18.8 Å². The maximum atomic E-state index is 12.7. The van der Waals surface area contributed by atoms with Gasteiger partial charge in [-0.2, -0.15) is 0 Å². The number of rotatable bonds is 4. The van der Waals surface area contributed by atoms with Gasteiger partial charge in [0.15, 0.2) is 0 Å². The number of hydrogen-bond donors (Lipinski definition) is 1. The number of nitrogen functional groups attached to an aromatic ring is 1. The van der Waals surface area contributed by atoms with Crippen LogP contribution in [0.4, 0.5) is 5.69 Å². The number of amides is 1. The Morgan fingerprint density at radius 2 is 2.30 bits per heavy atom. The number of nitrogens with two attached hydrogens (primary N) is 1. The van der Waals surface area contributed by atoms with E-state index < -0.39 is 0 Å². The highest BCUT2D eigenvalue weighted by molar-refractivity contribution is 7.21. The van der Waals surface area contributed by atoms with Crippen LogP contribution in [0.2, 0.25) is 0 Å². The Morgan fingerprint density at radius 3 is 2.90 bits per heavy atom. The van der Waals surface area contributed by atoms with Crippen LogP contribution in [-0.4, -0.2) is 28.9 Å². The van der Waals surface area contributed by atoms with E-state index in [9.17, 15) is 4.79 Å². The highest BCUT2D eigenvalue weighted by Gasteiger charge is 2.28. The number of carbonyl (C=O) groups excluding carboxylic acids is 1. The minimum atomic E-state index is 0.0549. The van der Waals surface area contributed by atoms with Crippen molar-refractivity contribution in [3.05, 3.63) is 22.7 Å². The fraction of sp³-hybridized carbons (Fsp3) is 0.467. The van der Waals surface area contributed by atoms with E-state index in [1.54, 1.807) is 6.20 Å². The Labute approximate surface area is 122 Å². The van der Waals surface area contributed by atoms with E-state index in [0.717, 1.165) is 28.9 Å². The van der Waals surface area contributed by atoms with Crippen molar-refractivity contribution in [2.24, 2.45) is 5.92 Å². The first kappa shape index (κ1) is 13.4. The molecule has 5 heteroatoms. The first-order chi connectivity index (χ1) is 9.61. The minimum Gasteiger partial charge on any atom is -0.397 e. The lowest BCUT2D eigenvalue weighted by atomic mass is 10.1. The number of aromatic nitrogens is 1. The van der Waals surface area contributed by atoms with Crippen LogP contribution in [-0.2, 0) is 0 Å². The number of carbonyl (C=O) groups is 1. The van der Waals surface area contributed by atoms with Crippen molar-refractivity contribution in [2.45, 2.75) is 26.7 Å². The molecular weight excluding hydrogens is 270 g/mol. The Kier molecular flexibility index (Phi) is 3.38. The van der Waals surface area contributed by atoms with E-state index in [0.29, 0.717) is 16.5 Å². The number of hydrogen-bond acceptors (Lipinski definition) is 4. The molecular formula is C15H19N3OS. The van der Waals surface area contributed by atoms with Crippen molar-refractivity contribution in [1.29, 1.82) is 0 Å². The van der Waals surface area contributed by atoms with Crippen molar-refractivity contribution >= 4 is 33.1 Å². The third kappa shape index (κ3) is 2.26. The van der Waals surface area contributed by atoms with Crippen LogP contribution >= 0.6 is 11.3 Å². The maximum absolute atomic E-state index is 12.7. The Morgan fingerprint density at radius 1 is 1.55 bits per heavy atom. The first-order valence-electron chi connectivity index (χ1n) is 7.04. The molecule has 0 saturated heterocycles. The normalized spacial score (nSPS) is 14.7. The van der Waals surface area contributed by atoms with E-state index in [1.807, 2.05) is 24.8 Å². The van der Waals surface area contributed by atoms with E-state index in [-0.39, 0.29) is 5.91 Å². The molecule has 0 unspecified atom stereocenters. The Balaban J connectivity index is 1.98. The number of pyridine rings is 1. The summed E-state index contributed by atoms with van der Waals surface area (Å²) in [5.74, 6) is 0.744. The Bertz CT molecular complexity index is 660. The zero-order chi connectivity index (χ0) is 14.3. The van der Waals surface area contributed by atoms with Crippen LogP contribution in [0.5, 0.6) is 0 Å². The Hall–Kier alpha value is -1.62. The third-order valence-electron chi connectivity index (χ3n) is 3.88. The summed E-state index contributed by atoms with van der Waals surface area (Å²) in [5, 5.41) is 0.934. The van der Waals surface area contributed by atoms with Crippen molar-refractivity contribution in [3.63, 3.8) is 0 Å². The average Bonchev–Trinajstić information content (AvgIpc) is 3.19. The zero-order valence-electron chi connectivity index (χ0n) is 11.8. The van der Waals surface area contributed by atoms with Gasteiger partial charge in [0.25, 0.3) is 5.91 Å². The number of anilines is 1. The molecule has 1 amide bonds. The molecule has 2 N–H and O–H groups in total. The molecule has 0 atom stereocenters. The van der Waals surface area contributed by atoms with Crippen LogP contribution in [0.3, 0.4) is 0 Å². The van der Waals surface area contributed by atoms with Gasteiger partial charge >= 0.3 is 0 Å². The van der Waals surface area contributed by atoms with Gasteiger partial charge in [-0.1, -0.05) is 0 Å². The van der Waals surface area contributed by atoms with Gasteiger partial charge in [-0.3, -0.25) is 4.79 Å².